The summed E-state index contributed by atoms with van der Waals surface area (Å²) in [4.78, 5) is 17.9. The van der Waals surface area contributed by atoms with E-state index in [2.05, 4.69) is 31.5 Å². The summed E-state index contributed by atoms with van der Waals surface area (Å²) in [6.45, 7) is 3.77. The quantitative estimate of drug-likeness (QED) is 0.873. The molecular formula is C14H14BrN3OS. The number of aromatic nitrogens is 1. The number of anilines is 1. The van der Waals surface area contributed by atoms with E-state index in [1.807, 2.05) is 25.1 Å². The van der Waals surface area contributed by atoms with Gasteiger partial charge in [-0.25, -0.2) is 4.98 Å². The topological polar surface area (TPSA) is 54.0 Å². The van der Waals surface area contributed by atoms with Gasteiger partial charge in [0, 0.05) is 34.4 Å². The van der Waals surface area contributed by atoms with Crippen molar-refractivity contribution in [3.8, 4) is 0 Å². The predicted molar refractivity (Wildman–Crippen MR) is 84.4 cm³/mol. The lowest BCUT2D eigenvalue weighted by atomic mass is 10.1. The maximum atomic E-state index is 12.2. The van der Waals surface area contributed by atoms with Crippen LogP contribution in [0.2, 0.25) is 0 Å². The molecule has 0 bridgehead atoms. The van der Waals surface area contributed by atoms with Gasteiger partial charge in [0.05, 0.1) is 5.69 Å². The van der Waals surface area contributed by atoms with Gasteiger partial charge in [-0.2, -0.15) is 0 Å². The Labute approximate surface area is 129 Å². The Morgan fingerprint density at radius 1 is 1.50 bits per heavy atom. The number of hydrogen-bond acceptors (Lipinski definition) is 4. The van der Waals surface area contributed by atoms with Crippen LogP contribution in [0.5, 0.6) is 0 Å². The molecule has 2 aromatic rings. The van der Waals surface area contributed by atoms with Gasteiger partial charge in [-0.05, 0) is 30.7 Å². The molecular weight excluding hydrogens is 338 g/mol. The van der Waals surface area contributed by atoms with Crippen LogP contribution in [-0.2, 0) is 13.0 Å². The first-order valence-corrected chi connectivity index (χ1v) is 8.01. The number of benzene rings is 1. The molecule has 0 aliphatic carbocycles. The third-order valence-corrected chi connectivity index (χ3v) is 5.15. The van der Waals surface area contributed by atoms with E-state index in [1.165, 1.54) is 4.88 Å². The summed E-state index contributed by atoms with van der Waals surface area (Å²) in [6, 6.07) is 5.57. The van der Waals surface area contributed by atoms with Crippen molar-refractivity contribution < 1.29 is 4.79 Å². The first-order valence-electron chi connectivity index (χ1n) is 6.40. The molecule has 0 saturated heterocycles. The van der Waals surface area contributed by atoms with Gasteiger partial charge >= 0.3 is 0 Å². The average Bonchev–Trinajstić information content (AvgIpc) is 2.83. The van der Waals surface area contributed by atoms with Gasteiger partial charge in [0.2, 0.25) is 0 Å². The molecule has 1 aromatic carbocycles. The molecule has 3 rings (SSSR count). The van der Waals surface area contributed by atoms with E-state index in [1.54, 1.807) is 11.3 Å². The van der Waals surface area contributed by atoms with Gasteiger partial charge in [0.1, 0.15) is 0 Å². The van der Waals surface area contributed by atoms with Gasteiger partial charge in [-0.3, -0.25) is 10.1 Å². The zero-order chi connectivity index (χ0) is 14.1. The van der Waals surface area contributed by atoms with Crippen molar-refractivity contribution in [2.45, 2.75) is 19.9 Å². The van der Waals surface area contributed by atoms with Crippen LogP contribution in [0.1, 0.15) is 26.5 Å². The molecule has 20 heavy (non-hydrogen) atoms. The first kappa shape index (κ1) is 13.7. The number of amides is 1. The second-order valence-corrected chi connectivity index (χ2v) is 6.67. The Kier molecular flexibility index (Phi) is 3.87. The summed E-state index contributed by atoms with van der Waals surface area (Å²) in [7, 11) is 0. The van der Waals surface area contributed by atoms with Crippen molar-refractivity contribution in [2.75, 3.05) is 11.9 Å². The van der Waals surface area contributed by atoms with Crippen molar-refractivity contribution in [1.82, 2.24) is 10.3 Å². The number of carbonyl (C=O) groups excluding carboxylic acids is 1. The van der Waals surface area contributed by atoms with Crippen LogP contribution in [-0.4, -0.2) is 17.4 Å². The molecule has 0 saturated carbocycles. The highest BCUT2D eigenvalue weighted by molar-refractivity contribution is 9.10. The van der Waals surface area contributed by atoms with E-state index in [4.69, 9.17) is 0 Å². The summed E-state index contributed by atoms with van der Waals surface area (Å²) in [5.41, 5.74) is 2.80. The lowest BCUT2D eigenvalue weighted by Crippen LogP contribution is -2.22. The van der Waals surface area contributed by atoms with E-state index >= 15 is 0 Å². The SMILES string of the molecule is Cc1cc(C(=O)Nc2nc3c(s2)CNCC3)ccc1Br. The van der Waals surface area contributed by atoms with Crippen LogP contribution in [0.3, 0.4) is 0 Å². The highest BCUT2D eigenvalue weighted by Gasteiger charge is 2.16. The molecule has 0 atom stereocenters. The predicted octanol–water partition coefficient (Wildman–Crippen LogP) is 3.11. The van der Waals surface area contributed by atoms with E-state index in [-0.39, 0.29) is 5.91 Å². The van der Waals surface area contributed by atoms with Crippen LogP contribution in [0.25, 0.3) is 0 Å². The van der Waals surface area contributed by atoms with Crippen molar-refractivity contribution in [1.29, 1.82) is 0 Å². The lowest BCUT2D eigenvalue weighted by molar-refractivity contribution is 0.102. The maximum Gasteiger partial charge on any atom is 0.257 e. The highest BCUT2D eigenvalue weighted by Crippen LogP contribution is 2.26. The number of nitrogens with one attached hydrogen (secondary N) is 2. The standard InChI is InChI=1S/C14H14BrN3OS/c1-8-6-9(2-3-10(8)15)13(19)18-14-17-11-4-5-16-7-12(11)20-14/h2-3,6,16H,4-5,7H2,1H3,(H,17,18,19). The summed E-state index contributed by atoms with van der Waals surface area (Å²) in [5.74, 6) is -0.111. The molecule has 1 aliphatic rings. The zero-order valence-electron chi connectivity index (χ0n) is 11.0. The molecule has 0 radical (unpaired) electrons. The molecule has 0 spiro atoms. The molecule has 6 heteroatoms. The average molecular weight is 352 g/mol. The third kappa shape index (κ3) is 2.77. The second kappa shape index (κ2) is 5.63. The number of hydrogen-bond donors (Lipinski definition) is 2. The van der Waals surface area contributed by atoms with Crippen LogP contribution in [0.4, 0.5) is 5.13 Å². The zero-order valence-corrected chi connectivity index (χ0v) is 13.4. The number of fused-ring (bicyclic) bond motifs is 1. The molecule has 1 aliphatic heterocycles. The maximum absolute atomic E-state index is 12.2. The molecule has 4 nitrogen and oxygen atoms in total. The van der Waals surface area contributed by atoms with Crippen LogP contribution in [0, 0.1) is 6.92 Å². The Morgan fingerprint density at radius 3 is 3.10 bits per heavy atom. The lowest BCUT2D eigenvalue weighted by Gasteiger charge is -2.09. The third-order valence-electron chi connectivity index (χ3n) is 3.24. The van der Waals surface area contributed by atoms with E-state index in [9.17, 15) is 4.79 Å². The molecule has 1 amide bonds. The van der Waals surface area contributed by atoms with Gasteiger partial charge in [-0.15, -0.1) is 11.3 Å². The number of rotatable bonds is 2. The van der Waals surface area contributed by atoms with Crippen LogP contribution in [0.15, 0.2) is 22.7 Å². The Bertz CT molecular complexity index is 645. The number of thiazole rings is 1. The fourth-order valence-electron chi connectivity index (χ4n) is 2.13. The normalized spacial score (nSPS) is 13.9. The fraction of sp³-hybridized carbons (Fsp3) is 0.286. The minimum Gasteiger partial charge on any atom is -0.311 e. The monoisotopic (exact) mass is 351 g/mol. The Hall–Kier alpha value is -1.24. The number of aryl methyl sites for hydroxylation is 1. The molecule has 1 aromatic heterocycles. The Balaban J connectivity index is 1.78. The van der Waals surface area contributed by atoms with E-state index in [0.717, 1.165) is 35.2 Å². The summed E-state index contributed by atoms with van der Waals surface area (Å²) in [5, 5.41) is 6.88. The van der Waals surface area contributed by atoms with E-state index in [0.29, 0.717) is 10.7 Å². The van der Waals surface area contributed by atoms with Crippen molar-refractivity contribution in [2.24, 2.45) is 0 Å². The summed E-state index contributed by atoms with van der Waals surface area (Å²) >= 11 is 4.99. The Morgan fingerprint density at radius 2 is 2.35 bits per heavy atom. The smallest absolute Gasteiger partial charge is 0.257 e. The largest absolute Gasteiger partial charge is 0.311 e. The fourth-order valence-corrected chi connectivity index (χ4v) is 3.35. The first-order chi connectivity index (χ1) is 9.63. The highest BCUT2D eigenvalue weighted by atomic mass is 79.9. The molecule has 104 valence electrons. The van der Waals surface area contributed by atoms with Crippen molar-refractivity contribution in [3.05, 3.63) is 44.4 Å². The number of nitrogens with zero attached hydrogens (tertiary/aromatic N) is 1. The van der Waals surface area contributed by atoms with Crippen LogP contribution >= 0.6 is 27.3 Å². The van der Waals surface area contributed by atoms with Crippen LogP contribution < -0.4 is 10.6 Å². The van der Waals surface area contributed by atoms with Crippen molar-refractivity contribution in [3.63, 3.8) is 0 Å². The van der Waals surface area contributed by atoms with Crippen molar-refractivity contribution >= 4 is 38.3 Å². The molecule has 0 fully saturated rings. The minimum absolute atomic E-state index is 0.111. The van der Waals surface area contributed by atoms with Gasteiger partial charge in [-0.1, -0.05) is 15.9 Å². The van der Waals surface area contributed by atoms with Gasteiger partial charge in [0.25, 0.3) is 5.91 Å². The number of carbonyl (C=O) groups is 1. The second-order valence-electron chi connectivity index (χ2n) is 4.73. The summed E-state index contributed by atoms with van der Waals surface area (Å²) in [6.07, 6.45) is 0.930. The van der Waals surface area contributed by atoms with E-state index < -0.39 is 0 Å². The minimum atomic E-state index is -0.111. The molecule has 2 N–H and O–H groups in total. The molecule has 0 unspecified atom stereocenters. The van der Waals surface area contributed by atoms with Gasteiger partial charge < -0.3 is 5.32 Å². The summed E-state index contributed by atoms with van der Waals surface area (Å²) < 4.78 is 1.00. The molecule has 2 heterocycles. The van der Waals surface area contributed by atoms with Gasteiger partial charge in [0.15, 0.2) is 5.13 Å². The number of halogens is 1.